The maximum absolute atomic E-state index is 13.7. The number of fused-ring (bicyclic) bond motifs is 1. The highest BCUT2D eigenvalue weighted by atomic mass is 19.1. The highest BCUT2D eigenvalue weighted by molar-refractivity contribution is 5.94. The Labute approximate surface area is 116 Å². The molecule has 2 aliphatic heterocycles. The molecule has 0 spiro atoms. The van der Waals surface area contributed by atoms with Crippen molar-refractivity contribution in [3.05, 3.63) is 29.8 Å². The predicted octanol–water partition coefficient (Wildman–Crippen LogP) is 1.10. The van der Waals surface area contributed by atoms with Crippen molar-refractivity contribution in [2.24, 2.45) is 5.92 Å². The van der Waals surface area contributed by atoms with E-state index in [1.165, 1.54) is 12.3 Å². The van der Waals surface area contributed by atoms with Crippen molar-refractivity contribution in [3.63, 3.8) is 0 Å². The van der Waals surface area contributed by atoms with Crippen molar-refractivity contribution in [2.45, 2.75) is 19.1 Å². The molecule has 2 aliphatic rings. The lowest BCUT2D eigenvalue weighted by atomic mass is 10.0. The Balaban J connectivity index is 1.83. The topological polar surface area (TPSA) is 51.7 Å². The van der Waals surface area contributed by atoms with Crippen LogP contribution in [0.5, 0.6) is 0 Å². The number of rotatable bonds is 3. The molecule has 2 fully saturated rings. The molecule has 3 heterocycles. The van der Waals surface area contributed by atoms with Crippen LogP contribution in [0.4, 0.5) is 4.39 Å². The van der Waals surface area contributed by atoms with E-state index in [0.29, 0.717) is 26.4 Å². The summed E-state index contributed by atoms with van der Waals surface area (Å²) in [5, 5.41) is 0. The minimum absolute atomic E-state index is 0.0217. The lowest BCUT2D eigenvalue weighted by molar-refractivity contribution is 0.0256. The molecule has 0 aromatic carbocycles. The average molecular weight is 280 g/mol. The molecule has 20 heavy (non-hydrogen) atoms. The molecule has 3 rings (SSSR count). The third-order valence-corrected chi connectivity index (χ3v) is 3.99. The van der Waals surface area contributed by atoms with Gasteiger partial charge in [0.25, 0.3) is 5.91 Å². The van der Waals surface area contributed by atoms with E-state index in [9.17, 15) is 9.18 Å². The first-order valence-corrected chi connectivity index (χ1v) is 6.82. The van der Waals surface area contributed by atoms with E-state index in [1.54, 1.807) is 4.90 Å². The molecule has 5 nitrogen and oxygen atoms in total. The zero-order valence-corrected chi connectivity index (χ0v) is 11.3. The standard InChI is InChI=1S/C14H17FN2O3/c1-2-20-13-6-17(12-8-19-7-10(12)13)14(18)9-3-4-16-5-11(9)15/h3-5,10,12-13H,2,6-8H2,1H3/t10-,12+,13-/m0/s1. The molecule has 2 saturated heterocycles. The van der Waals surface area contributed by atoms with E-state index in [0.717, 1.165) is 6.20 Å². The molecule has 0 saturated carbocycles. The largest absolute Gasteiger partial charge is 0.379 e. The summed E-state index contributed by atoms with van der Waals surface area (Å²) in [6, 6.07) is 1.39. The summed E-state index contributed by atoms with van der Waals surface area (Å²) < 4.78 is 24.8. The van der Waals surface area contributed by atoms with Crippen LogP contribution in [0.2, 0.25) is 0 Å². The van der Waals surface area contributed by atoms with Gasteiger partial charge < -0.3 is 14.4 Å². The zero-order chi connectivity index (χ0) is 14.1. The molecular formula is C14H17FN2O3. The second kappa shape index (κ2) is 5.46. The molecule has 0 aliphatic carbocycles. The molecule has 0 N–H and O–H groups in total. The summed E-state index contributed by atoms with van der Waals surface area (Å²) in [7, 11) is 0. The number of hydrogen-bond acceptors (Lipinski definition) is 4. The van der Waals surface area contributed by atoms with Crippen LogP contribution >= 0.6 is 0 Å². The maximum Gasteiger partial charge on any atom is 0.257 e. The lowest BCUT2D eigenvalue weighted by Gasteiger charge is -2.22. The number of likely N-dealkylation sites (tertiary alicyclic amines) is 1. The van der Waals surface area contributed by atoms with Crippen LogP contribution in [0, 0.1) is 11.7 Å². The van der Waals surface area contributed by atoms with Gasteiger partial charge in [-0.2, -0.15) is 0 Å². The zero-order valence-electron chi connectivity index (χ0n) is 11.3. The van der Waals surface area contributed by atoms with Crippen LogP contribution in [0.3, 0.4) is 0 Å². The van der Waals surface area contributed by atoms with Gasteiger partial charge in [-0.1, -0.05) is 0 Å². The average Bonchev–Trinajstić information content (AvgIpc) is 3.03. The van der Waals surface area contributed by atoms with Gasteiger partial charge in [-0.05, 0) is 13.0 Å². The third kappa shape index (κ3) is 2.19. The quantitative estimate of drug-likeness (QED) is 0.832. The first-order chi connectivity index (χ1) is 9.72. The van der Waals surface area contributed by atoms with E-state index >= 15 is 0 Å². The van der Waals surface area contributed by atoms with Gasteiger partial charge in [0, 0.05) is 25.3 Å². The first-order valence-electron chi connectivity index (χ1n) is 6.82. The Bertz CT molecular complexity index is 511. The minimum atomic E-state index is -0.590. The molecule has 0 unspecified atom stereocenters. The molecule has 0 bridgehead atoms. The first kappa shape index (κ1) is 13.5. The number of aromatic nitrogens is 1. The van der Waals surface area contributed by atoms with Crippen LogP contribution < -0.4 is 0 Å². The number of nitrogens with zero attached hydrogens (tertiary/aromatic N) is 2. The van der Waals surface area contributed by atoms with Gasteiger partial charge in [-0.15, -0.1) is 0 Å². The van der Waals surface area contributed by atoms with Crippen LogP contribution in [0.25, 0.3) is 0 Å². The summed E-state index contributed by atoms with van der Waals surface area (Å²) in [4.78, 5) is 17.9. The third-order valence-electron chi connectivity index (χ3n) is 3.99. The van der Waals surface area contributed by atoms with Gasteiger partial charge >= 0.3 is 0 Å². The minimum Gasteiger partial charge on any atom is -0.379 e. The highest BCUT2D eigenvalue weighted by Gasteiger charge is 2.48. The van der Waals surface area contributed by atoms with Crippen molar-refractivity contribution in [1.82, 2.24) is 9.88 Å². The molecule has 0 radical (unpaired) electrons. The van der Waals surface area contributed by atoms with Crippen molar-refractivity contribution in [1.29, 1.82) is 0 Å². The van der Waals surface area contributed by atoms with Crippen LogP contribution in [0.1, 0.15) is 17.3 Å². The van der Waals surface area contributed by atoms with Gasteiger partial charge in [0.2, 0.25) is 0 Å². The molecule has 1 amide bonds. The fourth-order valence-corrected chi connectivity index (χ4v) is 3.03. The Hall–Kier alpha value is -1.53. The number of pyridine rings is 1. The monoisotopic (exact) mass is 280 g/mol. The van der Waals surface area contributed by atoms with Crippen molar-refractivity contribution < 1.29 is 18.7 Å². The summed E-state index contributed by atoms with van der Waals surface area (Å²) in [6.45, 7) is 4.11. The lowest BCUT2D eigenvalue weighted by Crippen LogP contribution is -2.38. The van der Waals surface area contributed by atoms with E-state index in [2.05, 4.69) is 4.98 Å². The van der Waals surface area contributed by atoms with Crippen LogP contribution in [-0.2, 0) is 9.47 Å². The Morgan fingerprint density at radius 1 is 1.60 bits per heavy atom. The molecule has 3 atom stereocenters. The fraction of sp³-hybridized carbons (Fsp3) is 0.571. The van der Waals surface area contributed by atoms with Gasteiger partial charge in [-0.3, -0.25) is 9.78 Å². The molecule has 6 heteroatoms. The number of hydrogen-bond donors (Lipinski definition) is 0. The van der Waals surface area contributed by atoms with Gasteiger partial charge in [-0.25, -0.2) is 4.39 Å². The predicted molar refractivity (Wildman–Crippen MR) is 68.7 cm³/mol. The summed E-state index contributed by atoms with van der Waals surface area (Å²) in [5.74, 6) is -0.718. The Kier molecular flexibility index (Phi) is 3.67. The number of halogens is 1. The highest BCUT2D eigenvalue weighted by Crippen LogP contribution is 2.33. The van der Waals surface area contributed by atoms with Gasteiger partial charge in [0.15, 0.2) is 5.82 Å². The summed E-state index contributed by atoms with van der Waals surface area (Å²) in [6.07, 6.45) is 2.46. The van der Waals surface area contributed by atoms with Gasteiger partial charge in [0.1, 0.15) is 0 Å². The summed E-state index contributed by atoms with van der Waals surface area (Å²) >= 11 is 0. The second-order valence-electron chi connectivity index (χ2n) is 5.08. The van der Waals surface area contributed by atoms with Crippen molar-refractivity contribution >= 4 is 5.91 Å². The Morgan fingerprint density at radius 3 is 3.20 bits per heavy atom. The van der Waals surface area contributed by atoms with Crippen molar-refractivity contribution in [2.75, 3.05) is 26.4 Å². The number of amides is 1. The fourth-order valence-electron chi connectivity index (χ4n) is 3.03. The van der Waals surface area contributed by atoms with Crippen molar-refractivity contribution in [3.8, 4) is 0 Å². The van der Waals surface area contributed by atoms with E-state index in [-0.39, 0.29) is 29.5 Å². The SMILES string of the molecule is CCO[C@H]1CN(C(=O)c2ccncc2F)[C@@H]2COC[C@H]12. The van der Waals surface area contributed by atoms with Crippen LogP contribution in [-0.4, -0.2) is 54.3 Å². The Morgan fingerprint density at radius 2 is 2.45 bits per heavy atom. The van der Waals surface area contributed by atoms with E-state index < -0.39 is 5.82 Å². The molecule has 1 aromatic heterocycles. The number of ether oxygens (including phenoxy) is 2. The normalized spacial score (nSPS) is 28.7. The number of carbonyl (C=O) groups is 1. The number of carbonyl (C=O) groups excluding carboxylic acids is 1. The van der Waals surface area contributed by atoms with Crippen LogP contribution in [0.15, 0.2) is 18.5 Å². The smallest absolute Gasteiger partial charge is 0.257 e. The molecule has 1 aromatic rings. The van der Waals surface area contributed by atoms with E-state index in [1.807, 2.05) is 6.92 Å². The molecular weight excluding hydrogens is 263 g/mol. The second-order valence-corrected chi connectivity index (χ2v) is 5.08. The van der Waals surface area contributed by atoms with E-state index in [4.69, 9.17) is 9.47 Å². The molecule has 108 valence electrons. The summed E-state index contributed by atoms with van der Waals surface area (Å²) in [5.41, 5.74) is 0.0581. The van der Waals surface area contributed by atoms with Gasteiger partial charge in [0.05, 0.1) is 37.1 Å². The maximum atomic E-state index is 13.7.